The average molecular weight is 247 g/mol. The molecule has 1 aromatic carbocycles. The lowest BCUT2D eigenvalue weighted by atomic mass is 9.80. The summed E-state index contributed by atoms with van der Waals surface area (Å²) in [6, 6.07) is 4.47. The predicted molar refractivity (Wildman–Crippen MR) is 76.0 cm³/mol. The van der Waals surface area contributed by atoms with Crippen molar-refractivity contribution in [1.82, 2.24) is 5.32 Å². The van der Waals surface area contributed by atoms with Crippen LogP contribution in [-0.4, -0.2) is 18.2 Å². The molecule has 1 fully saturated rings. The van der Waals surface area contributed by atoms with Crippen molar-refractivity contribution in [2.75, 3.05) is 13.1 Å². The zero-order valence-electron chi connectivity index (χ0n) is 12.2. The molecule has 2 heteroatoms. The van der Waals surface area contributed by atoms with Gasteiger partial charge in [-0.25, -0.2) is 0 Å². The minimum Gasteiger partial charge on any atom is -0.384 e. The van der Waals surface area contributed by atoms with E-state index in [-0.39, 0.29) is 5.41 Å². The summed E-state index contributed by atoms with van der Waals surface area (Å²) in [6.45, 7) is 12.5. The maximum atomic E-state index is 10.8. The molecule has 1 aromatic rings. The fourth-order valence-electron chi connectivity index (χ4n) is 3.02. The molecular weight excluding hydrogens is 222 g/mol. The highest BCUT2D eigenvalue weighted by molar-refractivity contribution is 5.44. The Kier molecular flexibility index (Phi) is 3.28. The van der Waals surface area contributed by atoms with Gasteiger partial charge in [0.25, 0.3) is 0 Å². The van der Waals surface area contributed by atoms with Gasteiger partial charge >= 0.3 is 0 Å². The molecule has 1 unspecified atom stereocenters. The Hall–Kier alpha value is -0.860. The van der Waals surface area contributed by atoms with Gasteiger partial charge in [-0.05, 0) is 54.5 Å². The molecule has 0 spiro atoms. The van der Waals surface area contributed by atoms with Crippen molar-refractivity contribution in [3.8, 4) is 0 Å². The molecule has 18 heavy (non-hydrogen) atoms. The van der Waals surface area contributed by atoms with Crippen LogP contribution in [0.4, 0.5) is 0 Å². The van der Waals surface area contributed by atoms with Gasteiger partial charge < -0.3 is 10.4 Å². The van der Waals surface area contributed by atoms with Crippen molar-refractivity contribution in [1.29, 1.82) is 0 Å². The molecule has 0 saturated carbocycles. The third-order valence-corrected chi connectivity index (χ3v) is 4.00. The molecule has 0 aliphatic carbocycles. The Bertz CT molecular complexity index is 428. The predicted octanol–water partition coefficient (Wildman–Crippen LogP) is 2.78. The van der Waals surface area contributed by atoms with Crippen molar-refractivity contribution in [3.05, 3.63) is 34.4 Å². The SMILES string of the molecule is Cc1cc(C(C)(C)C)cc(C)c1C1(O)CCNC1. The molecule has 100 valence electrons. The minimum atomic E-state index is -0.676. The van der Waals surface area contributed by atoms with E-state index in [1.165, 1.54) is 16.7 Å². The topological polar surface area (TPSA) is 32.3 Å². The maximum absolute atomic E-state index is 10.8. The number of benzene rings is 1. The lowest BCUT2D eigenvalue weighted by molar-refractivity contribution is 0.0574. The fraction of sp³-hybridized carbons (Fsp3) is 0.625. The first-order chi connectivity index (χ1) is 8.24. The number of rotatable bonds is 1. The normalized spacial score (nSPS) is 24.6. The van der Waals surface area contributed by atoms with Crippen LogP contribution in [0.3, 0.4) is 0 Å². The molecule has 1 aliphatic heterocycles. The van der Waals surface area contributed by atoms with Crippen LogP contribution in [0.1, 0.15) is 49.4 Å². The lowest BCUT2D eigenvalue weighted by Gasteiger charge is -2.29. The largest absolute Gasteiger partial charge is 0.384 e. The van der Waals surface area contributed by atoms with Gasteiger partial charge in [0, 0.05) is 6.54 Å². The van der Waals surface area contributed by atoms with Crippen LogP contribution in [0.2, 0.25) is 0 Å². The number of hydrogen-bond donors (Lipinski definition) is 2. The molecule has 0 radical (unpaired) electrons. The second-order valence-electron chi connectivity index (χ2n) is 6.69. The second kappa shape index (κ2) is 4.36. The molecule has 0 bridgehead atoms. The Morgan fingerprint density at radius 3 is 2.11 bits per heavy atom. The van der Waals surface area contributed by atoms with E-state index in [4.69, 9.17) is 0 Å². The molecule has 2 rings (SSSR count). The van der Waals surface area contributed by atoms with Gasteiger partial charge in [-0.3, -0.25) is 0 Å². The fourth-order valence-corrected chi connectivity index (χ4v) is 3.02. The summed E-state index contributed by atoms with van der Waals surface area (Å²) in [7, 11) is 0. The van der Waals surface area contributed by atoms with Crippen LogP contribution in [0.5, 0.6) is 0 Å². The summed E-state index contributed by atoms with van der Waals surface area (Å²) in [5.41, 5.74) is 4.38. The van der Waals surface area contributed by atoms with Crippen LogP contribution >= 0.6 is 0 Å². The van der Waals surface area contributed by atoms with E-state index in [2.05, 4.69) is 52.1 Å². The van der Waals surface area contributed by atoms with Crippen LogP contribution in [0, 0.1) is 13.8 Å². The Labute approximate surface area is 110 Å². The first kappa shape index (κ1) is 13.6. The van der Waals surface area contributed by atoms with Gasteiger partial charge in [-0.1, -0.05) is 32.9 Å². The quantitative estimate of drug-likeness (QED) is 0.800. The Morgan fingerprint density at radius 2 is 1.72 bits per heavy atom. The zero-order valence-corrected chi connectivity index (χ0v) is 12.2. The molecule has 1 heterocycles. The standard InChI is InChI=1S/C16H25NO/c1-11-8-13(15(3,4)5)9-12(2)14(11)16(18)6-7-17-10-16/h8-9,17-18H,6-7,10H2,1-5H3. The highest BCUT2D eigenvalue weighted by Crippen LogP contribution is 2.35. The van der Waals surface area contributed by atoms with Gasteiger partial charge in [0.2, 0.25) is 0 Å². The zero-order chi connectivity index (χ0) is 13.6. The molecule has 1 saturated heterocycles. The summed E-state index contributed by atoms with van der Waals surface area (Å²) in [6.07, 6.45) is 0.809. The lowest BCUT2D eigenvalue weighted by Crippen LogP contribution is -2.30. The summed E-state index contributed by atoms with van der Waals surface area (Å²) in [4.78, 5) is 0. The van der Waals surface area contributed by atoms with E-state index in [0.29, 0.717) is 6.54 Å². The van der Waals surface area contributed by atoms with Crippen LogP contribution in [0.15, 0.2) is 12.1 Å². The van der Waals surface area contributed by atoms with Crippen LogP contribution in [0.25, 0.3) is 0 Å². The third kappa shape index (κ3) is 2.32. The number of aryl methyl sites for hydroxylation is 2. The first-order valence-corrected chi connectivity index (χ1v) is 6.79. The number of β-amino-alcohol motifs (C(OH)–C–C–N with tert-alkyl or cyclic N) is 1. The monoisotopic (exact) mass is 247 g/mol. The number of aliphatic hydroxyl groups is 1. The van der Waals surface area contributed by atoms with Crippen molar-refractivity contribution < 1.29 is 5.11 Å². The maximum Gasteiger partial charge on any atom is 0.104 e. The molecule has 0 amide bonds. The summed E-state index contributed by atoms with van der Waals surface area (Å²) >= 11 is 0. The Balaban J connectivity index is 2.51. The average Bonchev–Trinajstić information content (AvgIpc) is 2.63. The summed E-state index contributed by atoms with van der Waals surface area (Å²) in [5, 5.41) is 14.0. The molecular formula is C16H25NO. The van der Waals surface area contributed by atoms with E-state index >= 15 is 0 Å². The highest BCUT2D eigenvalue weighted by atomic mass is 16.3. The molecule has 1 aliphatic rings. The minimum absolute atomic E-state index is 0.157. The van der Waals surface area contributed by atoms with E-state index in [0.717, 1.165) is 18.5 Å². The molecule has 2 N–H and O–H groups in total. The van der Waals surface area contributed by atoms with Crippen molar-refractivity contribution in [3.63, 3.8) is 0 Å². The van der Waals surface area contributed by atoms with Gasteiger partial charge in [0.1, 0.15) is 5.60 Å². The van der Waals surface area contributed by atoms with Gasteiger partial charge in [0.15, 0.2) is 0 Å². The second-order valence-corrected chi connectivity index (χ2v) is 6.69. The smallest absolute Gasteiger partial charge is 0.104 e. The van der Waals surface area contributed by atoms with E-state index < -0.39 is 5.60 Å². The third-order valence-electron chi connectivity index (χ3n) is 4.00. The summed E-state index contributed by atoms with van der Waals surface area (Å²) < 4.78 is 0. The van der Waals surface area contributed by atoms with Gasteiger partial charge in [0.05, 0.1) is 0 Å². The van der Waals surface area contributed by atoms with E-state index in [1.54, 1.807) is 0 Å². The number of nitrogens with one attached hydrogen (secondary N) is 1. The van der Waals surface area contributed by atoms with E-state index in [9.17, 15) is 5.11 Å². The van der Waals surface area contributed by atoms with Gasteiger partial charge in [-0.2, -0.15) is 0 Å². The summed E-state index contributed by atoms with van der Waals surface area (Å²) in [5.74, 6) is 0. The van der Waals surface area contributed by atoms with E-state index in [1.807, 2.05) is 0 Å². The highest BCUT2D eigenvalue weighted by Gasteiger charge is 2.35. The van der Waals surface area contributed by atoms with Crippen molar-refractivity contribution >= 4 is 0 Å². The molecule has 1 atom stereocenters. The number of hydrogen-bond acceptors (Lipinski definition) is 2. The van der Waals surface area contributed by atoms with Crippen LogP contribution < -0.4 is 5.32 Å². The van der Waals surface area contributed by atoms with Crippen molar-refractivity contribution in [2.45, 2.75) is 52.1 Å². The van der Waals surface area contributed by atoms with Gasteiger partial charge in [-0.15, -0.1) is 0 Å². The molecule has 0 aromatic heterocycles. The molecule has 2 nitrogen and oxygen atoms in total. The first-order valence-electron chi connectivity index (χ1n) is 6.79. The van der Waals surface area contributed by atoms with Crippen LogP contribution in [-0.2, 0) is 11.0 Å². The van der Waals surface area contributed by atoms with Crippen molar-refractivity contribution in [2.24, 2.45) is 0 Å². The Morgan fingerprint density at radius 1 is 1.17 bits per heavy atom.